The van der Waals surface area contributed by atoms with Gasteiger partial charge in [-0.15, -0.1) is 0 Å². The van der Waals surface area contributed by atoms with Crippen LogP contribution in [0.25, 0.3) is 0 Å². The zero-order chi connectivity index (χ0) is 19.1. The Balaban J connectivity index is 1.56. The van der Waals surface area contributed by atoms with E-state index in [1.807, 2.05) is 6.07 Å². The molecule has 0 unspecified atom stereocenters. The Bertz CT molecular complexity index is 766. The predicted molar refractivity (Wildman–Crippen MR) is 105 cm³/mol. The van der Waals surface area contributed by atoms with Gasteiger partial charge in [-0.05, 0) is 56.2 Å². The van der Waals surface area contributed by atoms with E-state index < -0.39 is 0 Å². The van der Waals surface area contributed by atoms with Crippen LogP contribution in [0.3, 0.4) is 0 Å². The van der Waals surface area contributed by atoms with Gasteiger partial charge in [0, 0.05) is 11.7 Å². The van der Waals surface area contributed by atoms with E-state index >= 15 is 0 Å². The highest BCUT2D eigenvalue weighted by Crippen LogP contribution is 2.21. The van der Waals surface area contributed by atoms with E-state index in [-0.39, 0.29) is 11.9 Å². The number of carbonyl (C=O) groups is 2. The van der Waals surface area contributed by atoms with Gasteiger partial charge in [0.25, 0.3) is 5.91 Å². The Labute approximate surface area is 159 Å². The number of nitrogens with one attached hydrogen (secondary N) is 2. The molecule has 0 atom stereocenters. The fourth-order valence-corrected chi connectivity index (χ4v) is 3.20. The van der Waals surface area contributed by atoms with Crippen molar-refractivity contribution in [2.24, 2.45) is 0 Å². The first-order valence-corrected chi connectivity index (χ1v) is 9.47. The number of ether oxygens (including phenoxy) is 1. The minimum atomic E-state index is -0.377. The molecule has 0 aliphatic heterocycles. The molecule has 1 fully saturated rings. The topological polar surface area (TPSA) is 80.3 Å². The summed E-state index contributed by atoms with van der Waals surface area (Å²) in [6.45, 7) is 2.09. The van der Waals surface area contributed by atoms with E-state index in [0.717, 1.165) is 5.69 Å². The fraction of sp³-hybridized carbons (Fsp3) is 0.381. The Kier molecular flexibility index (Phi) is 6.41. The predicted octanol–water partition coefficient (Wildman–Crippen LogP) is 4.26. The number of carbonyl (C=O) groups excluding carboxylic acids is 2. The second-order valence-electron chi connectivity index (χ2n) is 6.66. The first-order chi connectivity index (χ1) is 13.2. The monoisotopic (exact) mass is 367 g/mol. The molecule has 1 saturated carbocycles. The van der Waals surface area contributed by atoms with Crippen molar-refractivity contribution in [1.29, 1.82) is 0 Å². The van der Waals surface area contributed by atoms with Gasteiger partial charge in [0.15, 0.2) is 0 Å². The highest BCUT2D eigenvalue weighted by molar-refractivity contribution is 6.03. The Morgan fingerprint density at radius 3 is 2.37 bits per heavy atom. The number of benzene rings is 1. The van der Waals surface area contributed by atoms with Crippen molar-refractivity contribution >= 4 is 23.3 Å². The molecule has 0 radical (unpaired) electrons. The van der Waals surface area contributed by atoms with Crippen molar-refractivity contribution in [3.63, 3.8) is 0 Å². The maximum absolute atomic E-state index is 12.4. The Morgan fingerprint density at radius 1 is 1.04 bits per heavy atom. The van der Waals surface area contributed by atoms with Crippen molar-refractivity contribution < 1.29 is 14.3 Å². The van der Waals surface area contributed by atoms with Crippen molar-refractivity contribution in [2.75, 3.05) is 17.2 Å². The lowest BCUT2D eigenvalue weighted by Gasteiger charge is -2.23. The summed E-state index contributed by atoms with van der Waals surface area (Å²) in [4.78, 5) is 28.3. The summed E-state index contributed by atoms with van der Waals surface area (Å²) in [6.07, 6.45) is 7.92. The maximum atomic E-state index is 12.4. The van der Waals surface area contributed by atoms with Crippen LogP contribution in [0.4, 0.5) is 11.4 Å². The number of nitrogens with zero attached hydrogens (tertiary/aromatic N) is 1. The summed E-state index contributed by atoms with van der Waals surface area (Å²) in [5.74, 6) is -0.666. The number of amides is 1. The SMILES string of the molecule is CCOC(=O)c1ccc(NC(=O)c2ccc(NC3CCCCC3)cn2)cc1. The van der Waals surface area contributed by atoms with E-state index in [1.165, 1.54) is 32.1 Å². The number of esters is 1. The highest BCUT2D eigenvalue weighted by Gasteiger charge is 2.14. The van der Waals surface area contributed by atoms with Crippen LogP contribution in [0.15, 0.2) is 42.6 Å². The summed E-state index contributed by atoms with van der Waals surface area (Å²) in [6, 6.07) is 10.7. The second-order valence-corrected chi connectivity index (χ2v) is 6.66. The third-order valence-electron chi connectivity index (χ3n) is 4.63. The molecular weight excluding hydrogens is 342 g/mol. The van der Waals surface area contributed by atoms with Crippen LogP contribution >= 0.6 is 0 Å². The quantitative estimate of drug-likeness (QED) is 0.746. The first-order valence-electron chi connectivity index (χ1n) is 9.47. The molecule has 2 aromatic rings. The molecule has 1 aliphatic carbocycles. The zero-order valence-corrected chi connectivity index (χ0v) is 15.5. The fourth-order valence-electron chi connectivity index (χ4n) is 3.20. The largest absolute Gasteiger partial charge is 0.462 e. The van der Waals surface area contributed by atoms with Gasteiger partial charge in [-0.3, -0.25) is 4.79 Å². The number of hydrogen-bond acceptors (Lipinski definition) is 5. The summed E-state index contributed by atoms with van der Waals surface area (Å²) < 4.78 is 4.94. The molecule has 1 heterocycles. The third-order valence-corrected chi connectivity index (χ3v) is 4.63. The summed E-state index contributed by atoms with van der Waals surface area (Å²) >= 11 is 0. The summed E-state index contributed by atoms with van der Waals surface area (Å²) in [5.41, 5.74) is 2.33. The molecular formula is C21H25N3O3. The average Bonchev–Trinajstić information content (AvgIpc) is 2.70. The van der Waals surface area contributed by atoms with E-state index in [1.54, 1.807) is 43.5 Å². The maximum Gasteiger partial charge on any atom is 0.338 e. The Morgan fingerprint density at radius 2 is 1.74 bits per heavy atom. The van der Waals surface area contributed by atoms with Gasteiger partial charge in [-0.2, -0.15) is 0 Å². The van der Waals surface area contributed by atoms with Crippen LogP contribution in [0.2, 0.25) is 0 Å². The van der Waals surface area contributed by atoms with Crippen molar-refractivity contribution in [2.45, 2.75) is 45.1 Å². The molecule has 1 aliphatic rings. The van der Waals surface area contributed by atoms with Gasteiger partial charge in [-0.1, -0.05) is 19.3 Å². The highest BCUT2D eigenvalue weighted by atomic mass is 16.5. The molecule has 2 N–H and O–H groups in total. The second kappa shape index (κ2) is 9.16. The molecule has 142 valence electrons. The molecule has 0 spiro atoms. The molecule has 6 nitrogen and oxygen atoms in total. The molecule has 0 saturated heterocycles. The van der Waals surface area contributed by atoms with E-state index in [2.05, 4.69) is 15.6 Å². The minimum absolute atomic E-state index is 0.289. The Hall–Kier alpha value is -2.89. The van der Waals surface area contributed by atoms with Crippen molar-refractivity contribution in [3.05, 3.63) is 53.9 Å². The van der Waals surface area contributed by atoms with Crippen LogP contribution in [-0.4, -0.2) is 29.5 Å². The first kappa shape index (κ1) is 18.9. The molecule has 1 aromatic heterocycles. The number of pyridine rings is 1. The van der Waals surface area contributed by atoms with Crippen LogP contribution in [0.1, 0.15) is 59.9 Å². The summed E-state index contributed by atoms with van der Waals surface area (Å²) in [7, 11) is 0. The number of hydrogen-bond donors (Lipinski definition) is 2. The van der Waals surface area contributed by atoms with Gasteiger partial charge in [0.2, 0.25) is 0 Å². The van der Waals surface area contributed by atoms with Gasteiger partial charge < -0.3 is 15.4 Å². The van der Waals surface area contributed by atoms with E-state index in [0.29, 0.717) is 29.6 Å². The molecule has 6 heteroatoms. The lowest BCUT2D eigenvalue weighted by atomic mass is 9.95. The normalized spacial score (nSPS) is 14.4. The van der Waals surface area contributed by atoms with Gasteiger partial charge >= 0.3 is 5.97 Å². The van der Waals surface area contributed by atoms with E-state index in [9.17, 15) is 9.59 Å². The summed E-state index contributed by atoms with van der Waals surface area (Å²) in [5, 5.41) is 6.27. The number of rotatable bonds is 6. The number of anilines is 2. The molecule has 27 heavy (non-hydrogen) atoms. The van der Waals surface area contributed by atoms with Crippen LogP contribution < -0.4 is 10.6 Å². The lowest BCUT2D eigenvalue weighted by molar-refractivity contribution is 0.0526. The van der Waals surface area contributed by atoms with Crippen molar-refractivity contribution in [3.8, 4) is 0 Å². The van der Waals surface area contributed by atoms with Crippen LogP contribution in [0.5, 0.6) is 0 Å². The van der Waals surface area contributed by atoms with Crippen LogP contribution in [0, 0.1) is 0 Å². The van der Waals surface area contributed by atoms with Gasteiger partial charge in [0.05, 0.1) is 24.1 Å². The number of aromatic nitrogens is 1. The lowest BCUT2D eigenvalue weighted by Crippen LogP contribution is -2.22. The smallest absolute Gasteiger partial charge is 0.338 e. The van der Waals surface area contributed by atoms with E-state index in [4.69, 9.17) is 4.74 Å². The van der Waals surface area contributed by atoms with Gasteiger partial charge in [-0.25, -0.2) is 9.78 Å². The molecule has 1 aromatic carbocycles. The molecule has 0 bridgehead atoms. The molecule has 1 amide bonds. The van der Waals surface area contributed by atoms with Gasteiger partial charge in [0.1, 0.15) is 5.69 Å². The van der Waals surface area contributed by atoms with Crippen LogP contribution in [-0.2, 0) is 4.74 Å². The molecule has 3 rings (SSSR count). The standard InChI is InChI=1S/C21H25N3O3/c1-2-27-21(26)15-8-10-17(11-9-15)24-20(25)19-13-12-18(14-22-19)23-16-6-4-3-5-7-16/h8-14,16,23H,2-7H2,1H3,(H,24,25). The average molecular weight is 367 g/mol. The van der Waals surface area contributed by atoms with Crippen molar-refractivity contribution in [1.82, 2.24) is 4.98 Å². The third kappa shape index (κ3) is 5.29. The zero-order valence-electron chi connectivity index (χ0n) is 15.5. The minimum Gasteiger partial charge on any atom is -0.462 e.